The molecule has 0 unspecified atom stereocenters. The molecule has 0 saturated carbocycles. The van der Waals surface area contributed by atoms with Crippen molar-refractivity contribution < 1.29 is 9.32 Å². The van der Waals surface area contributed by atoms with Crippen molar-refractivity contribution in [2.75, 3.05) is 26.2 Å². The van der Waals surface area contributed by atoms with Gasteiger partial charge in [-0.15, -0.1) is 0 Å². The fourth-order valence-corrected chi connectivity index (χ4v) is 1.73. The molecule has 0 atom stereocenters. The molecule has 0 aliphatic carbocycles. The van der Waals surface area contributed by atoms with Gasteiger partial charge in [-0.05, 0) is 6.92 Å². The van der Waals surface area contributed by atoms with Gasteiger partial charge in [0.15, 0.2) is 5.82 Å². The van der Waals surface area contributed by atoms with Crippen LogP contribution in [0, 0.1) is 6.92 Å². The third-order valence-electron chi connectivity index (χ3n) is 2.59. The lowest BCUT2D eigenvalue weighted by Crippen LogP contribution is -2.46. The lowest BCUT2D eigenvalue weighted by molar-refractivity contribution is -0.131. The number of carbonyl (C=O) groups is 1. The van der Waals surface area contributed by atoms with Gasteiger partial charge in [-0.2, -0.15) is 4.98 Å². The molecule has 2 heterocycles. The molecule has 0 radical (unpaired) electrons. The summed E-state index contributed by atoms with van der Waals surface area (Å²) in [7, 11) is 0. The molecule has 2 rings (SSSR count). The first-order valence-electron chi connectivity index (χ1n) is 5.53. The van der Waals surface area contributed by atoms with Crippen molar-refractivity contribution in [2.45, 2.75) is 19.8 Å². The van der Waals surface area contributed by atoms with Gasteiger partial charge < -0.3 is 14.7 Å². The van der Waals surface area contributed by atoms with E-state index in [9.17, 15) is 4.79 Å². The van der Waals surface area contributed by atoms with E-state index in [1.807, 2.05) is 4.90 Å². The summed E-state index contributed by atoms with van der Waals surface area (Å²) in [6.45, 7) is 5.12. The summed E-state index contributed by atoms with van der Waals surface area (Å²) in [4.78, 5) is 17.7. The van der Waals surface area contributed by atoms with E-state index >= 15 is 0 Å². The highest BCUT2D eigenvalue weighted by molar-refractivity contribution is 5.76. The minimum absolute atomic E-state index is 0.164. The Bertz CT molecular complexity index is 357. The molecular weight excluding hydrogens is 208 g/mol. The molecule has 1 aromatic heterocycles. The van der Waals surface area contributed by atoms with E-state index in [2.05, 4.69) is 15.5 Å². The van der Waals surface area contributed by atoms with Gasteiger partial charge in [0.05, 0.1) is 0 Å². The maximum atomic E-state index is 11.8. The average Bonchev–Trinajstić information content (AvgIpc) is 2.73. The van der Waals surface area contributed by atoms with E-state index in [1.54, 1.807) is 6.92 Å². The number of amides is 1. The summed E-state index contributed by atoms with van der Waals surface area (Å²) in [6.07, 6.45) is 0.977. The first kappa shape index (κ1) is 11.1. The predicted molar refractivity (Wildman–Crippen MR) is 56.8 cm³/mol. The van der Waals surface area contributed by atoms with Gasteiger partial charge in [-0.25, -0.2) is 0 Å². The summed E-state index contributed by atoms with van der Waals surface area (Å²) < 4.78 is 4.96. The molecule has 6 heteroatoms. The first-order chi connectivity index (χ1) is 7.75. The van der Waals surface area contributed by atoms with Gasteiger partial charge in [0, 0.05) is 39.0 Å². The Labute approximate surface area is 94.0 Å². The van der Waals surface area contributed by atoms with Gasteiger partial charge >= 0.3 is 0 Å². The number of aromatic nitrogens is 2. The summed E-state index contributed by atoms with van der Waals surface area (Å²) in [6, 6.07) is 0. The second-order valence-corrected chi connectivity index (χ2v) is 3.87. The van der Waals surface area contributed by atoms with Crippen molar-refractivity contribution >= 4 is 5.91 Å². The molecule has 1 amide bonds. The maximum absolute atomic E-state index is 11.8. The molecule has 1 saturated heterocycles. The van der Waals surface area contributed by atoms with Crippen molar-refractivity contribution in [3.05, 3.63) is 11.7 Å². The Morgan fingerprint density at radius 2 is 2.25 bits per heavy atom. The first-order valence-corrected chi connectivity index (χ1v) is 5.53. The summed E-state index contributed by atoms with van der Waals surface area (Å²) in [5.41, 5.74) is 0. The van der Waals surface area contributed by atoms with E-state index in [0.717, 1.165) is 26.2 Å². The topological polar surface area (TPSA) is 71.3 Å². The van der Waals surface area contributed by atoms with Crippen molar-refractivity contribution in [2.24, 2.45) is 0 Å². The second kappa shape index (κ2) is 5.07. The van der Waals surface area contributed by atoms with E-state index in [0.29, 0.717) is 24.6 Å². The van der Waals surface area contributed by atoms with Crippen LogP contribution in [0.4, 0.5) is 0 Å². The average molecular weight is 224 g/mol. The Morgan fingerprint density at radius 1 is 1.50 bits per heavy atom. The molecule has 1 N–H and O–H groups in total. The molecule has 16 heavy (non-hydrogen) atoms. The highest BCUT2D eigenvalue weighted by atomic mass is 16.5. The van der Waals surface area contributed by atoms with E-state index in [1.165, 1.54) is 0 Å². The van der Waals surface area contributed by atoms with Crippen molar-refractivity contribution in [3.8, 4) is 0 Å². The number of rotatable bonds is 3. The van der Waals surface area contributed by atoms with Gasteiger partial charge in [0.2, 0.25) is 11.8 Å². The number of piperazine rings is 1. The fourth-order valence-electron chi connectivity index (χ4n) is 1.73. The Hall–Kier alpha value is -1.43. The third-order valence-corrected chi connectivity index (χ3v) is 2.59. The molecule has 0 bridgehead atoms. The van der Waals surface area contributed by atoms with Crippen LogP contribution in [0.15, 0.2) is 4.52 Å². The largest absolute Gasteiger partial charge is 0.340 e. The minimum Gasteiger partial charge on any atom is -0.340 e. The molecule has 0 spiro atoms. The Balaban J connectivity index is 1.78. The van der Waals surface area contributed by atoms with Crippen LogP contribution in [-0.4, -0.2) is 47.1 Å². The van der Waals surface area contributed by atoms with Crippen LogP contribution in [0.1, 0.15) is 18.1 Å². The summed E-state index contributed by atoms with van der Waals surface area (Å²) in [5.74, 6) is 1.32. The zero-order chi connectivity index (χ0) is 11.4. The van der Waals surface area contributed by atoms with Gasteiger partial charge in [-0.1, -0.05) is 5.16 Å². The SMILES string of the molecule is Cc1noc(CCC(=O)N2CCNCC2)n1. The molecular formula is C10H16N4O2. The summed E-state index contributed by atoms with van der Waals surface area (Å²) >= 11 is 0. The van der Waals surface area contributed by atoms with Gasteiger partial charge in [0.1, 0.15) is 0 Å². The van der Waals surface area contributed by atoms with Gasteiger partial charge in [-0.3, -0.25) is 4.79 Å². The monoisotopic (exact) mass is 224 g/mol. The highest BCUT2D eigenvalue weighted by Gasteiger charge is 2.16. The fraction of sp³-hybridized carbons (Fsp3) is 0.700. The zero-order valence-corrected chi connectivity index (χ0v) is 9.40. The number of aryl methyl sites for hydroxylation is 2. The van der Waals surface area contributed by atoms with Crippen LogP contribution in [0.25, 0.3) is 0 Å². The van der Waals surface area contributed by atoms with Crippen LogP contribution < -0.4 is 5.32 Å². The third kappa shape index (κ3) is 2.79. The number of hydrogen-bond donors (Lipinski definition) is 1. The molecule has 1 aliphatic rings. The standard InChI is InChI=1S/C10H16N4O2/c1-8-12-9(16-13-8)2-3-10(15)14-6-4-11-5-7-14/h11H,2-7H2,1H3. The van der Waals surface area contributed by atoms with E-state index in [-0.39, 0.29) is 5.91 Å². The minimum atomic E-state index is 0.164. The lowest BCUT2D eigenvalue weighted by atomic mass is 10.2. The summed E-state index contributed by atoms with van der Waals surface area (Å²) in [5, 5.41) is 6.90. The zero-order valence-electron chi connectivity index (χ0n) is 9.40. The number of hydrogen-bond acceptors (Lipinski definition) is 5. The van der Waals surface area contributed by atoms with Crippen molar-refractivity contribution in [1.29, 1.82) is 0 Å². The number of carbonyl (C=O) groups excluding carboxylic acids is 1. The van der Waals surface area contributed by atoms with Crippen LogP contribution in [-0.2, 0) is 11.2 Å². The Kier molecular flexibility index (Phi) is 3.51. The Morgan fingerprint density at radius 3 is 2.88 bits per heavy atom. The van der Waals surface area contributed by atoms with Crippen molar-refractivity contribution in [1.82, 2.24) is 20.4 Å². The normalized spacial score (nSPS) is 16.4. The van der Waals surface area contributed by atoms with Gasteiger partial charge in [0.25, 0.3) is 0 Å². The molecule has 1 aliphatic heterocycles. The lowest BCUT2D eigenvalue weighted by Gasteiger charge is -2.27. The van der Waals surface area contributed by atoms with Crippen LogP contribution in [0.2, 0.25) is 0 Å². The van der Waals surface area contributed by atoms with Crippen LogP contribution >= 0.6 is 0 Å². The van der Waals surface area contributed by atoms with Crippen LogP contribution in [0.5, 0.6) is 0 Å². The van der Waals surface area contributed by atoms with Crippen LogP contribution in [0.3, 0.4) is 0 Å². The second-order valence-electron chi connectivity index (χ2n) is 3.87. The molecule has 1 aromatic rings. The molecule has 6 nitrogen and oxygen atoms in total. The maximum Gasteiger partial charge on any atom is 0.227 e. The predicted octanol–water partition coefficient (Wildman–Crippen LogP) is -0.258. The van der Waals surface area contributed by atoms with Crippen molar-refractivity contribution in [3.63, 3.8) is 0 Å². The molecule has 88 valence electrons. The molecule has 1 fully saturated rings. The quantitative estimate of drug-likeness (QED) is 0.766. The number of nitrogens with zero attached hydrogens (tertiary/aromatic N) is 3. The smallest absolute Gasteiger partial charge is 0.227 e. The van der Waals surface area contributed by atoms with E-state index < -0.39 is 0 Å². The highest BCUT2D eigenvalue weighted by Crippen LogP contribution is 2.03. The molecule has 0 aromatic carbocycles. The number of nitrogens with one attached hydrogen (secondary N) is 1. The van der Waals surface area contributed by atoms with E-state index in [4.69, 9.17) is 4.52 Å².